The normalized spacial score (nSPS) is 27.9. The fraction of sp³-hybridized carbons (Fsp3) is 0.800. The van der Waals surface area contributed by atoms with Gasteiger partial charge < -0.3 is 14.2 Å². The van der Waals surface area contributed by atoms with Crippen molar-refractivity contribution in [1.82, 2.24) is 0 Å². The molecule has 0 aromatic carbocycles. The van der Waals surface area contributed by atoms with E-state index in [0.29, 0.717) is 24.3 Å². The van der Waals surface area contributed by atoms with Crippen molar-refractivity contribution in [2.24, 2.45) is 11.8 Å². The summed E-state index contributed by atoms with van der Waals surface area (Å²) >= 11 is 0. The van der Waals surface area contributed by atoms with E-state index in [1.54, 1.807) is 13.8 Å². The molecule has 0 saturated heterocycles. The fourth-order valence-electron chi connectivity index (χ4n) is 3.91. The zero-order chi connectivity index (χ0) is 18.4. The van der Waals surface area contributed by atoms with Crippen molar-refractivity contribution in [3.63, 3.8) is 0 Å². The Hall–Kier alpha value is -1.36. The van der Waals surface area contributed by atoms with Crippen LogP contribution in [0.5, 0.6) is 0 Å². The molecule has 0 aromatic rings. The second-order valence-electron chi connectivity index (χ2n) is 7.70. The third-order valence-corrected chi connectivity index (χ3v) is 5.18. The van der Waals surface area contributed by atoms with Gasteiger partial charge >= 0.3 is 11.9 Å². The van der Waals surface area contributed by atoms with Gasteiger partial charge in [-0.3, -0.25) is 4.79 Å². The molecule has 2 rings (SSSR count). The Labute approximate surface area is 151 Å². The molecule has 0 spiro atoms. The highest BCUT2D eigenvalue weighted by Gasteiger charge is 2.35. The summed E-state index contributed by atoms with van der Waals surface area (Å²) in [6.45, 7) is 9.21. The van der Waals surface area contributed by atoms with E-state index in [-0.39, 0.29) is 30.1 Å². The van der Waals surface area contributed by atoms with Gasteiger partial charge in [-0.1, -0.05) is 26.3 Å². The number of carbonyl (C=O) groups is 2. The van der Waals surface area contributed by atoms with E-state index < -0.39 is 6.29 Å². The molecule has 0 bridgehead atoms. The first-order valence-corrected chi connectivity index (χ1v) is 9.56. The lowest BCUT2D eigenvalue weighted by Crippen LogP contribution is -2.25. The first-order chi connectivity index (χ1) is 11.8. The summed E-state index contributed by atoms with van der Waals surface area (Å²) < 4.78 is 16.7. The van der Waals surface area contributed by atoms with Crippen LogP contribution >= 0.6 is 0 Å². The van der Waals surface area contributed by atoms with E-state index in [4.69, 9.17) is 14.2 Å². The second-order valence-corrected chi connectivity index (χ2v) is 7.70. The van der Waals surface area contributed by atoms with Gasteiger partial charge in [0.1, 0.15) is 6.10 Å². The van der Waals surface area contributed by atoms with Crippen molar-refractivity contribution in [2.75, 3.05) is 0 Å². The molecule has 4 unspecified atom stereocenters. The van der Waals surface area contributed by atoms with Crippen LogP contribution in [-0.4, -0.2) is 30.4 Å². The van der Waals surface area contributed by atoms with Crippen molar-refractivity contribution in [1.29, 1.82) is 0 Å². The molecule has 2 aliphatic rings. The highest BCUT2D eigenvalue weighted by molar-refractivity contribution is 5.87. The number of esters is 2. The second kappa shape index (κ2) is 9.37. The molecule has 0 radical (unpaired) electrons. The molecule has 5 heteroatoms. The molecular weight excluding hydrogens is 320 g/mol. The van der Waals surface area contributed by atoms with Crippen molar-refractivity contribution >= 4 is 11.9 Å². The lowest BCUT2D eigenvalue weighted by molar-refractivity contribution is -0.184. The van der Waals surface area contributed by atoms with E-state index >= 15 is 0 Å². The van der Waals surface area contributed by atoms with Gasteiger partial charge in [0.05, 0.1) is 6.10 Å². The Morgan fingerprint density at radius 3 is 2.52 bits per heavy atom. The maximum atomic E-state index is 12.1. The fourth-order valence-corrected chi connectivity index (χ4v) is 3.91. The zero-order valence-electron chi connectivity index (χ0n) is 15.8. The van der Waals surface area contributed by atoms with E-state index in [9.17, 15) is 9.59 Å². The molecule has 5 nitrogen and oxygen atoms in total. The highest BCUT2D eigenvalue weighted by atomic mass is 16.7. The van der Waals surface area contributed by atoms with E-state index in [1.807, 2.05) is 0 Å². The number of hydrogen-bond donors (Lipinski definition) is 0. The number of ether oxygens (including phenoxy) is 3. The Morgan fingerprint density at radius 2 is 1.88 bits per heavy atom. The van der Waals surface area contributed by atoms with Crippen LogP contribution in [0.15, 0.2) is 12.2 Å². The Kier molecular flexibility index (Phi) is 7.48. The lowest BCUT2D eigenvalue weighted by atomic mass is 9.98. The average Bonchev–Trinajstić information content (AvgIpc) is 3.14. The van der Waals surface area contributed by atoms with Gasteiger partial charge in [-0.25, -0.2) is 4.79 Å². The van der Waals surface area contributed by atoms with Crippen LogP contribution in [0.2, 0.25) is 0 Å². The van der Waals surface area contributed by atoms with Crippen LogP contribution in [0.25, 0.3) is 0 Å². The minimum atomic E-state index is -0.491. The summed E-state index contributed by atoms with van der Waals surface area (Å²) in [6, 6.07) is 0. The molecule has 142 valence electrons. The quantitative estimate of drug-likeness (QED) is 0.373. The van der Waals surface area contributed by atoms with Crippen LogP contribution in [0.1, 0.15) is 72.1 Å². The van der Waals surface area contributed by atoms with E-state index in [0.717, 1.165) is 25.7 Å². The maximum absolute atomic E-state index is 12.1. The van der Waals surface area contributed by atoms with Crippen molar-refractivity contribution in [2.45, 2.75) is 90.6 Å². The van der Waals surface area contributed by atoms with Crippen LogP contribution in [0.3, 0.4) is 0 Å². The van der Waals surface area contributed by atoms with Crippen molar-refractivity contribution in [3.05, 3.63) is 12.2 Å². The van der Waals surface area contributed by atoms with Gasteiger partial charge in [0, 0.05) is 12.0 Å². The molecule has 0 N–H and O–H groups in total. The van der Waals surface area contributed by atoms with Crippen LogP contribution in [0.4, 0.5) is 0 Å². The van der Waals surface area contributed by atoms with Gasteiger partial charge in [0.25, 0.3) is 0 Å². The highest BCUT2D eigenvalue weighted by Crippen LogP contribution is 2.36. The van der Waals surface area contributed by atoms with E-state index in [1.165, 1.54) is 12.8 Å². The monoisotopic (exact) mass is 352 g/mol. The molecular formula is C20H32O5. The van der Waals surface area contributed by atoms with Gasteiger partial charge in [-0.15, -0.1) is 0 Å². The minimum Gasteiger partial charge on any atom is -0.459 e. The molecule has 0 aliphatic heterocycles. The Morgan fingerprint density at radius 1 is 1.20 bits per heavy atom. The number of rotatable bonds is 8. The Bertz CT molecular complexity index is 480. The third-order valence-electron chi connectivity index (χ3n) is 5.18. The predicted octanol–water partition coefficient (Wildman–Crippen LogP) is 4.15. The first-order valence-electron chi connectivity index (χ1n) is 9.56. The molecule has 0 amide bonds. The minimum absolute atomic E-state index is 0.126. The van der Waals surface area contributed by atoms with Crippen LogP contribution in [-0.2, 0) is 23.8 Å². The summed E-state index contributed by atoms with van der Waals surface area (Å²) in [6.07, 6.45) is 6.92. The molecule has 2 aliphatic carbocycles. The summed E-state index contributed by atoms with van der Waals surface area (Å²) in [5.74, 6) is 0.116. The zero-order valence-corrected chi connectivity index (χ0v) is 15.8. The molecule has 2 fully saturated rings. The molecule has 2 saturated carbocycles. The molecule has 0 aromatic heterocycles. The van der Waals surface area contributed by atoms with Crippen LogP contribution < -0.4 is 0 Å². The van der Waals surface area contributed by atoms with Gasteiger partial charge in [-0.05, 0) is 57.8 Å². The van der Waals surface area contributed by atoms with Crippen LogP contribution in [0, 0.1) is 11.8 Å². The van der Waals surface area contributed by atoms with Gasteiger partial charge in [0.15, 0.2) is 6.29 Å². The summed E-state index contributed by atoms with van der Waals surface area (Å²) in [4.78, 5) is 23.8. The molecule has 4 atom stereocenters. The van der Waals surface area contributed by atoms with Crippen molar-refractivity contribution < 1.29 is 23.8 Å². The topological polar surface area (TPSA) is 61.8 Å². The standard InChI is InChI=1S/C20H32O5/c1-13(2)20(22)25-18-12-14(3)11-16(18)9-10-19(21)24-15(4)23-17-7-5-6-8-17/h14-18H,1,5-12H2,2-4H3. The SMILES string of the molecule is C=C(C)C(=O)OC1CC(C)CC1CCC(=O)OC(C)OC1CCCC1. The third kappa shape index (κ3) is 6.46. The van der Waals surface area contributed by atoms with Gasteiger partial charge in [-0.2, -0.15) is 0 Å². The first kappa shape index (κ1) is 20.0. The van der Waals surface area contributed by atoms with Crippen molar-refractivity contribution in [3.8, 4) is 0 Å². The summed E-state index contributed by atoms with van der Waals surface area (Å²) in [5.41, 5.74) is 0.413. The number of carbonyl (C=O) groups excluding carboxylic acids is 2. The maximum Gasteiger partial charge on any atom is 0.333 e. The predicted molar refractivity (Wildman–Crippen MR) is 94.7 cm³/mol. The summed E-state index contributed by atoms with van der Waals surface area (Å²) in [5, 5.41) is 0. The molecule has 25 heavy (non-hydrogen) atoms. The smallest absolute Gasteiger partial charge is 0.333 e. The lowest BCUT2D eigenvalue weighted by Gasteiger charge is -2.21. The van der Waals surface area contributed by atoms with E-state index in [2.05, 4.69) is 13.5 Å². The Balaban J connectivity index is 1.73. The van der Waals surface area contributed by atoms with Gasteiger partial charge in [0.2, 0.25) is 0 Å². The average molecular weight is 352 g/mol. The number of hydrogen-bond acceptors (Lipinski definition) is 5. The summed E-state index contributed by atoms with van der Waals surface area (Å²) in [7, 11) is 0. The largest absolute Gasteiger partial charge is 0.459 e. The molecule has 0 heterocycles.